The Labute approximate surface area is 167 Å². The molecule has 3 rings (SSSR count). The van der Waals surface area contributed by atoms with Crippen LogP contribution < -0.4 is 15.1 Å². The standard InChI is InChI=1S/C20H22F2N4O3/c1-12(8-23)16-5-6-25(11-18(16)22)19-4-3-14(7-17(19)21)26-10-15(29-20(26)28)9-24-13(2)27/h3-4,7,15,18H,5-6,9-11H2,1-2H3,(H,24,27)/b16-12-/t15-,18?/m0/s1. The molecule has 2 amide bonds. The van der Waals surface area contributed by atoms with Crippen LogP contribution in [-0.4, -0.2) is 50.5 Å². The molecule has 0 radical (unpaired) electrons. The lowest BCUT2D eigenvalue weighted by Gasteiger charge is -2.33. The number of halogens is 2. The highest BCUT2D eigenvalue weighted by atomic mass is 19.1. The Bertz CT molecular complexity index is 896. The van der Waals surface area contributed by atoms with Crippen molar-refractivity contribution in [1.29, 1.82) is 5.26 Å². The fourth-order valence-electron chi connectivity index (χ4n) is 3.54. The molecule has 2 aliphatic rings. The Morgan fingerprint density at radius 1 is 1.38 bits per heavy atom. The van der Waals surface area contributed by atoms with Crippen molar-refractivity contribution in [2.45, 2.75) is 32.5 Å². The molecule has 7 nitrogen and oxygen atoms in total. The molecular weight excluding hydrogens is 382 g/mol. The molecule has 0 bridgehead atoms. The van der Waals surface area contributed by atoms with Gasteiger partial charge in [0.15, 0.2) is 0 Å². The second-order valence-electron chi connectivity index (χ2n) is 7.11. The first-order valence-corrected chi connectivity index (χ1v) is 9.31. The van der Waals surface area contributed by atoms with E-state index >= 15 is 0 Å². The van der Waals surface area contributed by atoms with Gasteiger partial charge in [-0.3, -0.25) is 9.69 Å². The number of ether oxygens (including phenoxy) is 1. The number of piperidine rings is 1. The SMILES string of the molecule is CC(=O)NC[C@H]1CN(c2ccc(N3CC/C(=C(\C)C#N)C(F)C3)c(F)c2)C(=O)O1. The number of anilines is 2. The van der Waals surface area contributed by atoms with Crippen molar-refractivity contribution < 1.29 is 23.1 Å². The molecular formula is C20H22F2N4O3. The summed E-state index contributed by atoms with van der Waals surface area (Å²) in [7, 11) is 0. The molecule has 2 fully saturated rings. The minimum Gasteiger partial charge on any atom is -0.442 e. The van der Waals surface area contributed by atoms with Crippen molar-refractivity contribution in [3.8, 4) is 6.07 Å². The zero-order valence-electron chi connectivity index (χ0n) is 16.2. The summed E-state index contributed by atoms with van der Waals surface area (Å²) in [5, 5.41) is 11.5. The molecule has 2 saturated heterocycles. The van der Waals surface area contributed by atoms with Gasteiger partial charge in [-0.25, -0.2) is 13.6 Å². The Morgan fingerprint density at radius 3 is 2.76 bits per heavy atom. The van der Waals surface area contributed by atoms with Gasteiger partial charge >= 0.3 is 6.09 Å². The number of carbonyl (C=O) groups is 2. The second kappa shape index (κ2) is 8.47. The van der Waals surface area contributed by atoms with Crippen molar-refractivity contribution in [1.82, 2.24) is 5.32 Å². The van der Waals surface area contributed by atoms with E-state index in [0.29, 0.717) is 29.8 Å². The number of nitriles is 1. The number of hydrogen-bond donors (Lipinski definition) is 1. The molecule has 0 aromatic heterocycles. The summed E-state index contributed by atoms with van der Waals surface area (Å²) in [4.78, 5) is 26.0. The molecule has 0 aliphatic carbocycles. The van der Waals surface area contributed by atoms with Crippen LogP contribution in [0.3, 0.4) is 0 Å². The zero-order valence-corrected chi connectivity index (χ0v) is 16.2. The average Bonchev–Trinajstić information content (AvgIpc) is 3.06. The van der Waals surface area contributed by atoms with Gasteiger partial charge in [-0.1, -0.05) is 0 Å². The number of alkyl halides is 1. The minimum atomic E-state index is -1.33. The van der Waals surface area contributed by atoms with Crippen LogP contribution in [0.4, 0.5) is 25.0 Å². The highest BCUT2D eigenvalue weighted by Gasteiger charge is 2.33. The number of rotatable bonds is 4. The number of hydrogen-bond acceptors (Lipinski definition) is 5. The van der Waals surface area contributed by atoms with Gasteiger partial charge in [0.2, 0.25) is 5.91 Å². The molecule has 1 aromatic rings. The molecule has 154 valence electrons. The lowest BCUT2D eigenvalue weighted by atomic mass is 9.97. The van der Waals surface area contributed by atoms with Crippen LogP contribution in [-0.2, 0) is 9.53 Å². The molecule has 1 N–H and O–H groups in total. The summed E-state index contributed by atoms with van der Waals surface area (Å²) < 4.78 is 34.4. The van der Waals surface area contributed by atoms with E-state index in [1.165, 1.54) is 24.0 Å². The Morgan fingerprint density at radius 2 is 2.14 bits per heavy atom. The molecule has 9 heteroatoms. The Kier molecular flexibility index (Phi) is 6.01. The summed E-state index contributed by atoms with van der Waals surface area (Å²) in [5.74, 6) is -0.803. The summed E-state index contributed by atoms with van der Waals surface area (Å²) in [5.41, 5.74) is 1.41. The Balaban J connectivity index is 1.71. The summed E-state index contributed by atoms with van der Waals surface area (Å²) in [6.45, 7) is 3.69. The van der Waals surface area contributed by atoms with E-state index in [1.54, 1.807) is 17.9 Å². The minimum absolute atomic E-state index is 0.0326. The monoisotopic (exact) mass is 404 g/mol. The first-order chi connectivity index (χ1) is 13.8. The van der Waals surface area contributed by atoms with Crippen LogP contribution in [0.25, 0.3) is 0 Å². The van der Waals surface area contributed by atoms with Crippen LogP contribution >= 0.6 is 0 Å². The quantitative estimate of drug-likeness (QED) is 0.780. The maximum atomic E-state index is 14.8. The van der Waals surface area contributed by atoms with Crippen molar-refractivity contribution in [2.24, 2.45) is 0 Å². The summed E-state index contributed by atoms with van der Waals surface area (Å²) in [6.07, 6.45) is -2.11. The highest BCUT2D eigenvalue weighted by molar-refractivity contribution is 5.90. The molecule has 1 unspecified atom stereocenters. The van der Waals surface area contributed by atoms with Gasteiger partial charge in [0, 0.05) is 19.0 Å². The van der Waals surface area contributed by atoms with Gasteiger partial charge < -0.3 is 15.0 Å². The lowest BCUT2D eigenvalue weighted by Crippen LogP contribution is -2.39. The Hall–Kier alpha value is -3.15. The van der Waals surface area contributed by atoms with E-state index < -0.39 is 24.2 Å². The van der Waals surface area contributed by atoms with Gasteiger partial charge in [-0.15, -0.1) is 0 Å². The van der Waals surface area contributed by atoms with Crippen molar-refractivity contribution in [3.63, 3.8) is 0 Å². The third-order valence-corrected chi connectivity index (χ3v) is 5.10. The normalized spacial score (nSPS) is 23.5. The molecule has 29 heavy (non-hydrogen) atoms. The topological polar surface area (TPSA) is 85.7 Å². The number of cyclic esters (lactones) is 1. The summed E-state index contributed by atoms with van der Waals surface area (Å²) >= 11 is 0. The average molecular weight is 404 g/mol. The smallest absolute Gasteiger partial charge is 0.414 e. The third-order valence-electron chi connectivity index (χ3n) is 5.10. The maximum absolute atomic E-state index is 14.8. The molecule has 1 aromatic carbocycles. The van der Waals surface area contributed by atoms with Gasteiger partial charge in [0.25, 0.3) is 0 Å². The fourth-order valence-corrected chi connectivity index (χ4v) is 3.54. The summed E-state index contributed by atoms with van der Waals surface area (Å²) in [6, 6.07) is 6.28. The highest BCUT2D eigenvalue weighted by Crippen LogP contribution is 2.31. The van der Waals surface area contributed by atoms with E-state index in [0.717, 1.165) is 0 Å². The van der Waals surface area contributed by atoms with Crippen LogP contribution in [0.1, 0.15) is 20.3 Å². The van der Waals surface area contributed by atoms with Crippen LogP contribution in [0.2, 0.25) is 0 Å². The van der Waals surface area contributed by atoms with E-state index in [2.05, 4.69) is 5.32 Å². The number of carbonyl (C=O) groups excluding carboxylic acids is 2. The third kappa shape index (κ3) is 4.47. The zero-order chi connectivity index (χ0) is 21.1. The van der Waals surface area contributed by atoms with Crippen LogP contribution in [0.15, 0.2) is 29.3 Å². The first kappa shape index (κ1) is 20.6. The van der Waals surface area contributed by atoms with Gasteiger partial charge in [-0.05, 0) is 37.1 Å². The van der Waals surface area contributed by atoms with Crippen LogP contribution in [0.5, 0.6) is 0 Å². The lowest BCUT2D eigenvalue weighted by molar-refractivity contribution is -0.119. The van der Waals surface area contributed by atoms with E-state index in [-0.39, 0.29) is 31.2 Å². The second-order valence-corrected chi connectivity index (χ2v) is 7.11. The maximum Gasteiger partial charge on any atom is 0.414 e. The van der Waals surface area contributed by atoms with E-state index in [1.807, 2.05) is 6.07 Å². The molecule has 0 saturated carbocycles. The fraction of sp³-hybridized carbons (Fsp3) is 0.450. The number of allylic oxidation sites excluding steroid dienone is 1. The molecule has 2 heterocycles. The predicted octanol–water partition coefficient (Wildman–Crippen LogP) is 2.68. The van der Waals surface area contributed by atoms with Gasteiger partial charge in [0.1, 0.15) is 18.1 Å². The van der Waals surface area contributed by atoms with E-state index in [9.17, 15) is 18.4 Å². The number of nitrogens with one attached hydrogen (secondary N) is 1. The molecule has 2 atom stereocenters. The first-order valence-electron chi connectivity index (χ1n) is 9.31. The van der Waals surface area contributed by atoms with Crippen molar-refractivity contribution in [3.05, 3.63) is 35.2 Å². The van der Waals surface area contributed by atoms with Gasteiger partial charge in [0.05, 0.1) is 37.1 Å². The number of amides is 2. The van der Waals surface area contributed by atoms with E-state index in [4.69, 9.17) is 10.00 Å². The van der Waals surface area contributed by atoms with Crippen molar-refractivity contribution >= 4 is 23.4 Å². The number of benzene rings is 1. The largest absolute Gasteiger partial charge is 0.442 e. The number of nitrogens with zero attached hydrogens (tertiary/aromatic N) is 3. The predicted molar refractivity (Wildman–Crippen MR) is 103 cm³/mol. The van der Waals surface area contributed by atoms with Crippen LogP contribution in [0, 0.1) is 17.1 Å². The molecule has 2 aliphatic heterocycles. The van der Waals surface area contributed by atoms with Crippen molar-refractivity contribution in [2.75, 3.05) is 36.0 Å². The van der Waals surface area contributed by atoms with Gasteiger partial charge in [-0.2, -0.15) is 5.26 Å². The molecule has 0 spiro atoms.